The summed E-state index contributed by atoms with van der Waals surface area (Å²) in [5.74, 6) is -4.31. The molecule has 7 nitrogen and oxygen atoms in total. The monoisotopic (exact) mass is 478 g/mol. The molecule has 0 saturated carbocycles. The van der Waals surface area contributed by atoms with Crippen molar-refractivity contribution in [3.8, 4) is 11.5 Å². The molecule has 0 unspecified atom stereocenters. The van der Waals surface area contributed by atoms with Crippen molar-refractivity contribution in [1.29, 1.82) is 0 Å². The molecule has 0 aliphatic heterocycles. The summed E-state index contributed by atoms with van der Waals surface area (Å²) < 4.78 is 75.5. The molecule has 1 heterocycles. The average Bonchev–Trinajstić information content (AvgIpc) is 3.20. The number of benzene rings is 3. The normalized spacial score (nSPS) is 11.0. The number of halogens is 5. The van der Waals surface area contributed by atoms with Crippen molar-refractivity contribution in [3.05, 3.63) is 77.6 Å². The molecular weight excluding hydrogens is 463 g/mol. The first-order valence-electron chi connectivity index (χ1n) is 9.67. The summed E-state index contributed by atoms with van der Waals surface area (Å²) in [4.78, 5) is 12.2. The number of aromatic amines is 1. The minimum Gasteiger partial charge on any atom is -0.489 e. The number of urea groups is 1. The van der Waals surface area contributed by atoms with Gasteiger partial charge in [0.15, 0.2) is 23.3 Å². The van der Waals surface area contributed by atoms with Gasteiger partial charge in [0.1, 0.15) is 18.1 Å². The molecule has 176 valence electrons. The lowest BCUT2D eigenvalue weighted by molar-refractivity contribution is -0.0508. The summed E-state index contributed by atoms with van der Waals surface area (Å²) in [6.07, 6.45) is 0. The maximum absolute atomic E-state index is 13.8. The SMILES string of the molecule is O=C(Nc1ccc(F)c(F)c1F)Nc1n[nH]c2ccc(OCc3ccccc3OC(F)F)cc12. The van der Waals surface area contributed by atoms with Gasteiger partial charge in [-0.05, 0) is 36.4 Å². The van der Waals surface area contributed by atoms with Crippen LogP contribution in [-0.2, 0) is 6.61 Å². The maximum Gasteiger partial charge on any atom is 0.387 e. The molecule has 0 aliphatic rings. The number of ether oxygens (including phenoxy) is 2. The third kappa shape index (κ3) is 5.00. The highest BCUT2D eigenvalue weighted by molar-refractivity contribution is 6.04. The Balaban J connectivity index is 1.48. The predicted octanol–water partition coefficient (Wildman–Crippen LogP) is 5.80. The number of alkyl halides is 2. The van der Waals surface area contributed by atoms with Gasteiger partial charge < -0.3 is 14.8 Å². The number of carbonyl (C=O) groups is 1. The number of amides is 2. The molecular formula is C22H15F5N4O3. The van der Waals surface area contributed by atoms with E-state index in [1.807, 2.05) is 0 Å². The van der Waals surface area contributed by atoms with E-state index in [9.17, 15) is 26.7 Å². The summed E-state index contributed by atoms with van der Waals surface area (Å²) in [5, 5.41) is 11.5. The zero-order chi connectivity index (χ0) is 24.2. The molecule has 0 atom stereocenters. The summed E-state index contributed by atoms with van der Waals surface area (Å²) in [6, 6.07) is 11.5. The molecule has 3 aromatic carbocycles. The Morgan fingerprint density at radius 1 is 1.00 bits per heavy atom. The fourth-order valence-corrected chi connectivity index (χ4v) is 3.06. The zero-order valence-electron chi connectivity index (χ0n) is 17.0. The molecule has 4 aromatic rings. The number of hydrogen-bond donors (Lipinski definition) is 3. The fraction of sp³-hybridized carbons (Fsp3) is 0.0909. The van der Waals surface area contributed by atoms with Gasteiger partial charge in [-0.3, -0.25) is 10.4 Å². The Bertz CT molecular complexity index is 1350. The second-order valence-electron chi connectivity index (χ2n) is 6.86. The van der Waals surface area contributed by atoms with E-state index in [1.165, 1.54) is 12.1 Å². The van der Waals surface area contributed by atoms with Gasteiger partial charge in [-0.1, -0.05) is 18.2 Å². The molecule has 0 radical (unpaired) electrons. The average molecular weight is 478 g/mol. The molecule has 0 spiro atoms. The third-order valence-corrected chi connectivity index (χ3v) is 4.63. The zero-order valence-corrected chi connectivity index (χ0v) is 17.0. The van der Waals surface area contributed by atoms with Crippen molar-refractivity contribution >= 4 is 28.4 Å². The van der Waals surface area contributed by atoms with E-state index in [4.69, 9.17) is 4.74 Å². The topological polar surface area (TPSA) is 88.3 Å². The van der Waals surface area contributed by atoms with Gasteiger partial charge in [0.25, 0.3) is 0 Å². The predicted molar refractivity (Wildman–Crippen MR) is 112 cm³/mol. The van der Waals surface area contributed by atoms with E-state index in [1.54, 1.807) is 30.3 Å². The maximum atomic E-state index is 13.8. The van der Waals surface area contributed by atoms with Crippen LogP contribution < -0.4 is 20.1 Å². The molecule has 2 amide bonds. The largest absolute Gasteiger partial charge is 0.489 e. The first-order chi connectivity index (χ1) is 16.3. The molecule has 12 heteroatoms. The summed E-state index contributed by atoms with van der Waals surface area (Å²) >= 11 is 0. The van der Waals surface area contributed by atoms with Gasteiger partial charge in [-0.15, -0.1) is 0 Å². The van der Waals surface area contributed by atoms with Crippen molar-refractivity contribution in [2.75, 3.05) is 10.6 Å². The number of para-hydroxylation sites is 1. The summed E-state index contributed by atoms with van der Waals surface area (Å²) in [5.41, 5.74) is 0.342. The molecule has 3 N–H and O–H groups in total. The number of hydrogen-bond acceptors (Lipinski definition) is 4. The first-order valence-corrected chi connectivity index (χ1v) is 9.67. The minimum absolute atomic E-state index is 0.0228. The number of nitrogens with zero attached hydrogens (tertiary/aromatic N) is 1. The van der Waals surface area contributed by atoms with Crippen LogP contribution in [0.4, 0.5) is 38.3 Å². The lowest BCUT2D eigenvalue weighted by atomic mass is 10.2. The molecule has 0 aliphatic carbocycles. The van der Waals surface area contributed by atoms with Crippen LogP contribution in [-0.4, -0.2) is 22.8 Å². The van der Waals surface area contributed by atoms with Crippen LogP contribution >= 0.6 is 0 Å². The van der Waals surface area contributed by atoms with Crippen molar-refractivity contribution < 1.29 is 36.2 Å². The molecule has 4 rings (SSSR count). The van der Waals surface area contributed by atoms with Crippen molar-refractivity contribution in [2.45, 2.75) is 13.2 Å². The number of anilines is 2. The Kier molecular flexibility index (Phi) is 6.48. The van der Waals surface area contributed by atoms with Gasteiger partial charge in [0, 0.05) is 10.9 Å². The number of aromatic nitrogens is 2. The summed E-state index contributed by atoms with van der Waals surface area (Å²) in [7, 11) is 0. The van der Waals surface area contributed by atoms with Crippen molar-refractivity contribution in [1.82, 2.24) is 10.2 Å². The van der Waals surface area contributed by atoms with Gasteiger partial charge in [-0.2, -0.15) is 13.9 Å². The van der Waals surface area contributed by atoms with E-state index in [2.05, 4.69) is 25.6 Å². The second kappa shape index (κ2) is 9.65. The van der Waals surface area contributed by atoms with Crippen LogP contribution in [0.1, 0.15) is 5.56 Å². The van der Waals surface area contributed by atoms with Crippen molar-refractivity contribution in [2.24, 2.45) is 0 Å². The van der Waals surface area contributed by atoms with Gasteiger partial charge in [-0.25, -0.2) is 18.0 Å². The minimum atomic E-state index is -2.98. The molecule has 0 bridgehead atoms. The van der Waals surface area contributed by atoms with Crippen LogP contribution in [0.3, 0.4) is 0 Å². The van der Waals surface area contributed by atoms with Crippen molar-refractivity contribution in [3.63, 3.8) is 0 Å². The Morgan fingerprint density at radius 2 is 1.79 bits per heavy atom. The number of H-pyrrole nitrogens is 1. The number of carbonyl (C=O) groups excluding carboxylic acids is 1. The van der Waals surface area contributed by atoms with E-state index < -0.39 is 35.8 Å². The molecule has 1 aromatic heterocycles. The molecule has 0 saturated heterocycles. The second-order valence-corrected chi connectivity index (χ2v) is 6.86. The third-order valence-electron chi connectivity index (χ3n) is 4.63. The first kappa shape index (κ1) is 22.8. The number of fused-ring (bicyclic) bond motifs is 1. The molecule has 0 fully saturated rings. The van der Waals surface area contributed by atoms with Crippen LogP contribution in [0, 0.1) is 17.5 Å². The van der Waals surface area contributed by atoms with E-state index in [0.717, 1.165) is 6.07 Å². The van der Waals surface area contributed by atoms with Gasteiger partial charge >= 0.3 is 12.6 Å². The van der Waals surface area contributed by atoms with E-state index in [-0.39, 0.29) is 18.2 Å². The van der Waals surface area contributed by atoms with Crippen LogP contribution in [0.15, 0.2) is 54.6 Å². The summed E-state index contributed by atoms with van der Waals surface area (Å²) in [6.45, 7) is -3.06. The van der Waals surface area contributed by atoms with Crippen LogP contribution in [0.5, 0.6) is 11.5 Å². The van der Waals surface area contributed by atoms with E-state index >= 15 is 0 Å². The van der Waals surface area contributed by atoms with Gasteiger partial charge in [0.05, 0.1) is 11.2 Å². The Hall–Kier alpha value is -4.35. The van der Waals surface area contributed by atoms with Crippen LogP contribution in [0.25, 0.3) is 10.9 Å². The Morgan fingerprint density at radius 3 is 2.59 bits per heavy atom. The quantitative estimate of drug-likeness (QED) is 0.231. The fourth-order valence-electron chi connectivity index (χ4n) is 3.06. The number of nitrogens with one attached hydrogen (secondary N) is 3. The van der Waals surface area contributed by atoms with Gasteiger partial charge in [0.2, 0.25) is 0 Å². The molecule has 34 heavy (non-hydrogen) atoms. The highest BCUT2D eigenvalue weighted by Gasteiger charge is 2.17. The van der Waals surface area contributed by atoms with E-state index in [0.29, 0.717) is 28.3 Å². The number of rotatable bonds is 7. The highest BCUT2D eigenvalue weighted by atomic mass is 19.3. The van der Waals surface area contributed by atoms with Crippen LogP contribution in [0.2, 0.25) is 0 Å². The lowest BCUT2D eigenvalue weighted by Gasteiger charge is -2.12. The Labute approximate surface area is 188 Å². The smallest absolute Gasteiger partial charge is 0.387 e. The highest BCUT2D eigenvalue weighted by Crippen LogP contribution is 2.28. The standard InChI is InChI=1S/C22H15F5N4O3/c23-14-6-8-16(19(25)18(14)24)28-22(32)29-20-13-9-12(5-7-15(13)30-31-20)33-10-11-3-1-2-4-17(11)34-21(26)27/h1-9,21H,10H2,(H3,28,29,30,31,32). The lowest BCUT2D eigenvalue weighted by Crippen LogP contribution is -2.21.